The number of halogens is 2. The number of rotatable bonds is 10. The Hall–Kier alpha value is -2.12. The Morgan fingerprint density at radius 1 is 1.09 bits per heavy atom. The third-order valence-electron chi connectivity index (χ3n) is 6.27. The molecule has 1 saturated carbocycles. The molecule has 0 aliphatic heterocycles. The summed E-state index contributed by atoms with van der Waals surface area (Å²) in [7, 11) is 1.65. The number of ether oxygens (including phenoxy) is 1. The van der Waals surface area contributed by atoms with E-state index in [2.05, 4.69) is 10.6 Å². The predicted molar refractivity (Wildman–Crippen MR) is 131 cm³/mol. The minimum Gasteiger partial charge on any atom is -0.394 e. The van der Waals surface area contributed by atoms with Crippen LogP contribution in [-0.4, -0.2) is 43.3 Å². The van der Waals surface area contributed by atoms with E-state index in [9.17, 15) is 14.7 Å². The molecule has 2 aromatic rings. The van der Waals surface area contributed by atoms with Crippen molar-refractivity contribution in [3.05, 3.63) is 63.6 Å². The zero-order chi connectivity index (χ0) is 23.8. The van der Waals surface area contributed by atoms with Crippen LogP contribution in [0.1, 0.15) is 48.0 Å². The third-order valence-corrected chi connectivity index (χ3v) is 6.90. The number of nitrogens with one attached hydrogen (secondary N) is 2. The number of anilines is 1. The zero-order valence-electron chi connectivity index (χ0n) is 18.7. The second kappa shape index (κ2) is 11.8. The van der Waals surface area contributed by atoms with Crippen molar-refractivity contribution in [1.82, 2.24) is 5.32 Å². The van der Waals surface area contributed by atoms with Gasteiger partial charge in [-0.05, 0) is 55.5 Å². The second-order valence-corrected chi connectivity index (χ2v) is 9.35. The summed E-state index contributed by atoms with van der Waals surface area (Å²) in [4.78, 5) is 25.6. The van der Waals surface area contributed by atoms with Gasteiger partial charge in [-0.25, -0.2) is 0 Å². The van der Waals surface area contributed by atoms with Gasteiger partial charge in [-0.3, -0.25) is 9.59 Å². The minimum atomic E-state index is -0.405. The van der Waals surface area contributed by atoms with Gasteiger partial charge >= 0.3 is 0 Å². The van der Waals surface area contributed by atoms with Gasteiger partial charge in [-0.2, -0.15) is 0 Å². The van der Waals surface area contributed by atoms with Gasteiger partial charge in [0.15, 0.2) is 0 Å². The van der Waals surface area contributed by atoms with E-state index in [4.69, 9.17) is 27.9 Å². The number of carbonyl (C=O) groups is 2. The highest BCUT2D eigenvalue weighted by atomic mass is 35.5. The Labute approximate surface area is 204 Å². The van der Waals surface area contributed by atoms with Crippen LogP contribution in [0.4, 0.5) is 5.69 Å². The molecule has 1 fully saturated rings. The summed E-state index contributed by atoms with van der Waals surface area (Å²) in [6.07, 6.45) is 4.94. The van der Waals surface area contributed by atoms with Crippen LogP contribution >= 0.6 is 23.2 Å². The zero-order valence-corrected chi connectivity index (χ0v) is 20.2. The van der Waals surface area contributed by atoms with Gasteiger partial charge in [-0.15, -0.1) is 0 Å². The fraction of sp³-hybridized carbons (Fsp3) is 0.440. The number of methoxy groups -OCH3 is 1. The lowest BCUT2D eigenvalue weighted by Gasteiger charge is -2.30. The first kappa shape index (κ1) is 25.5. The van der Waals surface area contributed by atoms with Gasteiger partial charge in [0.2, 0.25) is 5.91 Å². The Morgan fingerprint density at radius 3 is 2.30 bits per heavy atom. The molecule has 0 radical (unpaired) electrons. The van der Waals surface area contributed by atoms with Crippen molar-refractivity contribution >= 4 is 40.7 Å². The summed E-state index contributed by atoms with van der Waals surface area (Å²) < 4.78 is 5.21. The molecule has 8 heteroatoms. The van der Waals surface area contributed by atoms with Crippen LogP contribution in [0.2, 0.25) is 10.0 Å². The molecule has 2 amide bonds. The molecule has 1 aliphatic carbocycles. The average molecular weight is 493 g/mol. The topological polar surface area (TPSA) is 87.7 Å². The van der Waals surface area contributed by atoms with Crippen molar-refractivity contribution in [3.63, 3.8) is 0 Å². The number of aliphatic hydroxyl groups is 1. The van der Waals surface area contributed by atoms with E-state index < -0.39 is 11.3 Å². The molecule has 2 aromatic carbocycles. The van der Waals surface area contributed by atoms with E-state index in [0.29, 0.717) is 25.1 Å². The van der Waals surface area contributed by atoms with Gasteiger partial charge in [0.25, 0.3) is 5.91 Å². The summed E-state index contributed by atoms with van der Waals surface area (Å²) in [6.45, 7) is 0.388. The first-order chi connectivity index (χ1) is 15.9. The Balaban J connectivity index is 1.61. The number of benzene rings is 2. The SMILES string of the molecule is COCCC1(C(=O)NC(CO)Cc2ccc(NC(=O)c3c(Cl)cccc3Cl)cc2)CCCC1. The number of aliphatic hydroxyl groups excluding tert-OH is 1. The lowest BCUT2D eigenvalue weighted by Crippen LogP contribution is -2.47. The number of hydrogen-bond donors (Lipinski definition) is 3. The van der Waals surface area contributed by atoms with Crippen molar-refractivity contribution in [3.8, 4) is 0 Å². The van der Waals surface area contributed by atoms with E-state index in [1.807, 2.05) is 12.1 Å². The fourth-order valence-corrected chi connectivity index (χ4v) is 4.93. The maximum atomic E-state index is 13.1. The van der Waals surface area contributed by atoms with Gasteiger partial charge in [-0.1, -0.05) is 54.2 Å². The van der Waals surface area contributed by atoms with Crippen LogP contribution < -0.4 is 10.6 Å². The third kappa shape index (κ3) is 6.48. The van der Waals surface area contributed by atoms with Crippen molar-refractivity contribution in [2.45, 2.75) is 44.6 Å². The van der Waals surface area contributed by atoms with Crippen LogP contribution in [0.3, 0.4) is 0 Å². The number of hydrogen-bond acceptors (Lipinski definition) is 4. The number of carbonyl (C=O) groups excluding carboxylic acids is 2. The van der Waals surface area contributed by atoms with Gasteiger partial charge in [0, 0.05) is 19.4 Å². The summed E-state index contributed by atoms with van der Waals surface area (Å²) >= 11 is 12.2. The van der Waals surface area contributed by atoms with Crippen LogP contribution in [0, 0.1) is 5.41 Å². The number of amides is 2. The van der Waals surface area contributed by atoms with E-state index in [1.165, 1.54) is 0 Å². The summed E-state index contributed by atoms with van der Waals surface area (Å²) in [5.74, 6) is -0.395. The van der Waals surface area contributed by atoms with Crippen molar-refractivity contribution in [2.75, 3.05) is 25.6 Å². The largest absolute Gasteiger partial charge is 0.394 e. The molecule has 0 saturated heterocycles. The van der Waals surface area contributed by atoms with Gasteiger partial charge in [0.1, 0.15) is 0 Å². The van der Waals surface area contributed by atoms with E-state index in [0.717, 1.165) is 31.2 Å². The van der Waals surface area contributed by atoms with Crippen LogP contribution in [-0.2, 0) is 16.0 Å². The van der Waals surface area contributed by atoms with Gasteiger partial charge < -0.3 is 20.5 Å². The molecule has 3 N–H and O–H groups in total. The molecule has 6 nitrogen and oxygen atoms in total. The van der Waals surface area contributed by atoms with Crippen LogP contribution in [0.25, 0.3) is 0 Å². The van der Waals surface area contributed by atoms with Crippen molar-refractivity contribution in [2.24, 2.45) is 5.41 Å². The average Bonchev–Trinajstić information content (AvgIpc) is 3.28. The van der Waals surface area contributed by atoms with Gasteiger partial charge in [0.05, 0.1) is 33.7 Å². The molecule has 33 heavy (non-hydrogen) atoms. The predicted octanol–water partition coefficient (Wildman–Crippen LogP) is 4.86. The van der Waals surface area contributed by atoms with Crippen molar-refractivity contribution in [1.29, 1.82) is 0 Å². The normalized spacial score (nSPS) is 15.8. The van der Waals surface area contributed by atoms with Crippen molar-refractivity contribution < 1.29 is 19.4 Å². The van der Waals surface area contributed by atoms with Crippen LogP contribution in [0.15, 0.2) is 42.5 Å². The molecule has 0 aromatic heterocycles. The molecule has 1 atom stereocenters. The standard InChI is InChI=1S/C25H30Cl2N2O4/c1-33-14-13-25(11-2-3-12-25)24(32)29-19(16-30)15-17-7-9-18(10-8-17)28-23(31)22-20(26)5-4-6-21(22)27/h4-10,19,30H,2-3,11-16H2,1H3,(H,28,31)(H,29,32). The van der Waals surface area contributed by atoms with Crippen LogP contribution in [0.5, 0.6) is 0 Å². The molecule has 178 valence electrons. The molecular weight excluding hydrogens is 463 g/mol. The molecule has 1 aliphatic rings. The molecule has 0 spiro atoms. The summed E-state index contributed by atoms with van der Waals surface area (Å²) in [5, 5.41) is 16.3. The second-order valence-electron chi connectivity index (χ2n) is 8.54. The quantitative estimate of drug-likeness (QED) is 0.441. The Kier molecular flexibility index (Phi) is 9.15. The van der Waals surface area contributed by atoms with E-state index in [-0.39, 0.29) is 34.2 Å². The summed E-state index contributed by atoms with van der Waals surface area (Å²) in [6, 6.07) is 11.8. The maximum absolute atomic E-state index is 13.1. The molecule has 0 heterocycles. The lowest BCUT2D eigenvalue weighted by atomic mass is 9.81. The minimum absolute atomic E-state index is 0.00315. The summed E-state index contributed by atoms with van der Waals surface area (Å²) in [5.41, 5.74) is 1.34. The Morgan fingerprint density at radius 2 is 1.73 bits per heavy atom. The molecule has 0 bridgehead atoms. The highest BCUT2D eigenvalue weighted by Crippen LogP contribution is 2.41. The molecular formula is C25H30Cl2N2O4. The van der Waals surface area contributed by atoms with E-state index >= 15 is 0 Å². The highest BCUT2D eigenvalue weighted by Gasteiger charge is 2.41. The lowest BCUT2D eigenvalue weighted by molar-refractivity contribution is -0.133. The monoisotopic (exact) mass is 492 g/mol. The highest BCUT2D eigenvalue weighted by molar-refractivity contribution is 6.40. The maximum Gasteiger partial charge on any atom is 0.258 e. The first-order valence-corrected chi connectivity index (χ1v) is 11.9. The first-order valence-electron chi connectivity index (χ1n) is 11.1. The molecule has 1 unspecified atom stereocenters. The Bertz CT molecular complexity index is 939. The fourth-order valence-electron chi connectivity index (χ4n) is 4.36. The smallest absolute Gasteiger partial charge is 0.258 e. The van der Waals surface area contributed by atoms with E-state index in [1.54, 1.807) is 37.4 Å². The molecule has 3 rings (SSSR count).